The molecular weight excluding hydrogens is 604 g/mol. The fourth-order valence-corrected chi connectivity index (χ4v) is 6.54. The summed E-state index contributed by atoms with van der Waals surface area (Å²) in [7, 11) is 1.63. The smallest absolute Gasteiger partial charge is 0.249 e. The number of nitrogens with one attached hydrogen (secondary N) is 3. The van der Waals surface area contributed by atoms with Crippen LogP contribution in [0.4, 0.5) is 0 Å². The summed E-state index contributed by atoms with van der Waals surface area (Å²) < 4.78 is 5.33. The van der Waals surface area contributed by atoms with Crippen LogP contribution in [0.25, 0.3) is 0 Å². The SMILES string of the molecule is CCC(=O)N[C@]1([C@@H](C)CC)CCN([C@@H](CCc2ccccc2)C(=O)N[C@@H](Cc2ccccc2)C(O)CNCc2cccc(OC)c2)C1=O. The van der Waals surface area contributed by atoms with E-state index in [1.54, 1.807) is 18.9 Å². The third kappa shape index (κ3) is 9.45. The minimum Gasteiger partial charge on any atom is -0.497 e. The maximum Gasteiger partial charge on any atom is 0.249 e. The number of ether oxygens (including phenoxy) is 1. The Labute approximate surface area is 285 Å². The Kier molecular flexibility index (Phi) is 13.6. The lowest BCUT2D eigenvalue weighted by Gasteiger charge is -2.36. The van der Waals surface area contributed by atoms with E-state index in [0.29, 0.717) is 45.2 Å². The number of aliphatic hydroxyl groups is 1. The van der Waals surface area contributed by atoms with Crippen molar-refractivity contribution >= 4 is 17.7 Å². The molecular formula is C39H52N4O5. The molecule has 1 heterocycles. The largest absolute Gasteiger partial charge is 0.497 e. The molecule has 5 atom stereocenters. The van der Waals surface area contributed by atoms with Crippen LogP contribution >= 0.6 is 0 Å². The van der Waals surface area contributed by atoms with E-state index in [2.05, 4.69) is 16.0 Å². The van der Waals surface area contributed by atoms with Crippen molar-refractivity contribution in [1.82, 2.24) is 20.9 Å². The first-order chi connectivity index (χ1) is 23.2. The summed E-state index contributed by atoms with van der Waals surface area (Å²) >= 11 is 0. The van der Waals surface area contributed by atoms with Crippen molar-refractivity contribution in [3.63, 3.8) is 0 Å². The van der Waals surface area contributed by atoms with Crippen LogP contribution in [0.5, 0.6) is 5.75 Å². The highest BCUT2D eigenvalue weighted by Crippen LogP contribution is 2.34. The summed E-state index contributed by atoms with van der Waals surface area (Å²) in [5, 5.41) is 21.0. The van der Waals surface area contributed by atoms with E-state index in [4.69, 9.17) is 4.74 Å². The number of hydrogen-bond donors (Lipinski definition) is 4. The predicted molar refractivity (Wildman–Crippen MR) is 188 cm³/mol. The molecule has 0 saturated carbocycles. The molecule has 3 amide bonds. The second-order valence-corrected chi connectivity index (χ2v) is 12.8. The number of carbonyl (C=O) groups excluding carboxylic acids is 3. The van der Waals surface area contributed by atoms with Crippen molar-refractivity contribution in [3.05, 3.63) is 102 Å². The van der Waals surface area contributed by atoms with Gasteiger partial charge in [0.25, 0.3) is 0 Å². The Balaban J connectivity index is 1.57. The van der Waals surface area contributed by atoms with Gasteiger partial charge in [0.05, 0.1) is 19.3 Å². The number of aryl methyl sites for hydroxylation is 1. The molecule has 4 N–H and O–H groups in total. The van der Waals surface area contributed by atoms with Crippen molar-refractivity contribution in [2.45, 2.75) is 89.6 Å². The Bertz CT molecular complexity index is 1470. The number of amides is 3. The fourth-order valence-electron chi connectivity index (χ4n) is 6.54. The molecule has 0 spiro atoms. The quantitative estimate of drug-likeness (QED) is 0.161. The zero-order valence-corrected chi connectivity index (χ0v) is 28.8. The number of nitrogens with zero attached hydrogens (tertiary/aromatic N) is 1. The topological polar surface area (TPSA) is 120 Å². The van der Waals surface area contributed by atoms with Crippen LogP contribution in [0.2, 0.25) is 0 Å². The first kappa shape index (κ1) is 36.6. The molecule has 3 aromatic rings. The van der Waals surface area contributed by atoms with Gasteiger partial charge in [-0.15, -0.1) is 0 Å². The summed E-state index contributed by atoms with van der Waals surface area (Å²) in [4.78, 5) is 43.0. The van der Waals surface area contributed by atoms with E-state index in [1.807, 2.05) is 98.8 Å². The summed E-state index contributed by atoms with van der Waals surface area (Å²) in [5.41, 5.74) is 2.00. The Morgan fingerprint density at radius 1 is 0.958 bits per heavy atom. The summed E-state index contributed by atoms with van der Waals surface area (Å²) in [5.74, 6) is -0.0515. The van der Waals surface area contributed by atoms with Gasteiger partial charge in [-0.25, -0.2) is 0 Å². The average molecular weight is 657 g/mol. The Hall–Kier alpha value is -4.21. The molecule has 4 rings (SSSR count). The summed E-state index contributed by atoms with van der Waals surface area (Å²) in [6, 6.07) is 26.0. The van der Waals surface area contributed by atoms with E-state index in [0.717, 1.165) is 22.4 Å². The summed E-state index contributed by atoms with van der Waals surface area (Å²) in [6.07, 6.45) is 1.92. The third-order valence-corrected chi connectivity index (χ3v) is 9.66. The van der Waals surface area contributed by atoms with Crippen LogP contribution in [0.15, 0.2) is 84.9 Å². The fraction of sp³-hybridized carbons (Fsp3) is 0.462. The van der Waals surface area contributed by atoms with E-state index in [9.17, 15) is 19.5 Å². The van der Waals surface area contributed by atoms with Crippen LogP contribution in [0.3, 0.4) is 0 Å². The molecule has 1 fully saturated rings. The predicted octanol–water partition coefficient (Wildman–Crippen LogP) is 4.42. The third-order valence-electron chi connectivity index (χ3n) is 9.66. The monoisotopic (exact) mass is 656 g/mol. The highest BCUT2D eigenvalue weighted by Gasteiger charge is 2.53. The van der Waals surface area contributed by atoms with Crippen LogP contribution in [-0.2, 0) is 33.8 Å². The van der Waals surface area contributed by atoms with Crippen LogP contribution in [0, 0.1) is 5.92 Å². The van der Waals surface area contributed by atoms with Crippen molar-refractivity contribution in [3.8, 4) is 5.75 Å². The normalized spacial score (nSPS) is 18.5. The maximum atomic E-state index is 14.4. The average Bonchev–Trinajstić information content (AvgIpc) is 3.44. The Morgan fingerprint density at radius 2 is 1.62 bits per heavy atom. The van der Waals surface area contributed by atoms with E-state index >= 15 is 0 Å². The van der Waals surface area contributed by atoms with Gasteiger partial charge in [-0.2, -0.15) is 0 Å². The number of methoxy groups -OCH3 is 1. The number of hydrogen-bond acceptors (Lipinski definition) is 6. The molecule has 1 unspecified atom stereocenters. The van der Waals surface area contributed by atoms with Gasteiger partial charge in [0.1, 0.15) is 17.3 Å². The lowest BCUT2D eigenvalue weighted by Crippen LogP contribution is -2.61. The number of likely N-dealkylation sites (tertiary alicyclic amines) is 1. The minimum atomic E-state index is -1.06. The first-order valence-corrected chi connectivity index (χ1v) is 17.2. The van der Waals surface area contributed by atoms with E-state index < -0.39 is 23.7 Å². The molecule has 258 valence electrons. The van der Waals surface area contributed by atoms with Gasteiger partial charge < -0.3 is 30.7 Å². The molecule has 0 bridgehead atoms. The zero-order valence-electron chi connectivity index (χ0n) is 28.8. The van der Waals surface area contributed by atoms with Crippen molar-refractivity contribution in [1.29, 1.82) is 0 Å². The Morgan fingerprint density at radius 3 is 2.27 bits per heavy atom. The lowest BCUT2D eigenvalue weighted by atomic mass is 9.81. The molecule has 9 heteroatoms. The molecule has 3 aromatic carbocycles. The second-order valence-electron chi connectivity index (χ2n) is 12.8. The van der Waals surface area contributed by atoms with Gasteiger partial charge in [0.2, 0.25) is 17.7 Å². The van der Waals surface area contributed by atoms with Gasteiger partial charge in [-0.05, 0) is 60.4 Å². The zero-order chi connectivity index (χ0) is 34.5. The molecule has 1 saturated heterocycles. The number of carbonyl (C=O) groups is 3. The number of aliphatic hydroxyl groups excluding tert-OH is 1. The van der Waals surface area contributed by atoms with E-state index in [1.165, 1.54) is 0 Å². The highest BCUT2D eigenvalue weighted by atomic mass is 16.5. The van der Waals surface area contributed by atoms with Gasteiger partial charge in [0.15, 0.2) is 0 Å². The van der Waals surface area contributed by atoms with Crippen LogP contribution < -0.4 is 20.7 Å². The standard InChI is InChI=1S/C39H52N4O5/c1-5-28(3)39(42-36(45)6-2)22-23-43(38(39)47)34(21-20-29-14-9-7-10-15-29)37(46)41-33(25-30-16-11-8-12-17-30)35(44)27-40-26-31-18-13-19-32(24-31)48-4/h7-19,24,28,33-35,40,44H,5-6,20-23,25-27H2,1-4H3,(H,41,46)(H,42,45)/t28-,33-,34-,35?,39-/m0/s1. The molecule has 0 aromatic heterocycles. The molecule has 1 aliphatic rings. The second kappa shape index (κ2) is 17.8. The minimum absolute atomic E-state index is 0.105. The van der Waals surface area contributed by atoms with Gasteiger partial charge in [-0.3, -0.25) is 14.4 Å². The molecule has 0 radical (unpaired) electrons. The molecule has 48 heavy (non-hydrogen) atoms. The van der Waals surface area contributed by atoms with Crippen LogP contribution in [0.1, 0.15) is 63.1 Å². The van der Waals surface area contributed by atoms with Crippen molar-refractivity contribution < 1.29 is 24.2 Å². The first-order valence-electron chi connectivity index (χ1n) is 17.2. The van der Waals surface area contributed by atoms with E-state index in [-0.39, 0.29) is 36.6 Å². The molecule has 1 aliphatic heterocycles. The number of benzene rings is 3. The van der Waals surface area contributed by atoms with Crippen molar-refractivity contribution in [2.75, 3.05) is 20.2 Å². The highest BCUT2D eigenvalue weighted by molar-refractivity contribution is 5.97. The number of rotatable bonds is 18. The molecule has 9 nitrogen and oxygen atoms in total. The van der Waals surface area contributed by atoms with Gasteiger partial charge in [-0.1, -0.05) is 100.0 Å². The molecule has 0 aliphatic carbocycles. The van der Waals surface area contributed by atoms with Crippen molar-refractivity contribution in [2.24, 2.45) is 5.92 Å². The lowest BCUT2D eigenvalue weighted by molar-refractivity contribution is -0.144. The van der Waals surface area contributed by atoms with Crippen LogP contribution in [-0.4, -0.2) is 71.7 Å². The summed E-state index contributed by atoms with van der Waals surface area (Å²) in [6.45, 7) is 6.89. The van der Waals surface area contributed by atoms with Gasteiger partial charge >= 0.3 is 0 Å². The van der Waals surface area contributed by atoms with Gasteiger partial charge in [0, 0.05) is 26.1 Å². The maximum absolute atomic E-state index is 14.4.